The van der Waals surface area contributed by atoms with E-state index >= 15 is 0 Å². The minimum Gasteiger partial charge on any atom is -0.362 e. The fraction of sp³-hybridized carbons (Fsp3) is 0.500. The number of para-hydroxylation sites is 1. The highest BCUT2D eigenvalue weighted by molar-refractivity contribution is 5.81. The standard InChI is InChI=1S/C14H18N2O/c1-2-8-14-9-7-13(17)16(14)10-11-5-3-4-6-12(11)15-14/h3-6,15H,2,7-10H2,1H3/t14-/m1/s1. The van der Waals surface area contributed by atoms with Crippen molar-refractivity contribution in [2.45, 2.75) is 44.8 Å². The molecule has 1 amide bonds. The summed E-state index contributed by atoms with van der Waals surface area (Å²) >= 11 is 0. The van der Waals surface area contributed by atoms with Gasteiger partial charge in [0.25, 0.3) is 0 Å². The Bertz CT molecular complexity index is 457. The van der Waals surface area contributed by atoms with E-state index in [1.54, 1.807) is 0 Å². The van der Waals surface area contributed by atoms with E-state index in [-0.39, 0.29) is 5.66 Å². The summed E-state index contributed by atoms with van der Waals surface area (Å²) in [6.07, 6.45) is 3.75. The van der Waals surface area contributed by atoms with E-state index in [4.69, 9.17) is 0 Å². The van der Waals surface area contributed by atoms with E-state index < -0.39 is 0 Å². The van der Waals surface area contributed by atoms with E-state index in [0.717, 1.165) is 25.8 Å². The maximum absolute atomic E-state index is 12.0. The van der Waals surface area contributed by atoms with E-state index in [1.165, 1.54) is 11.3 Å². The largest absolute Gasteiger partial charge is 0.362 e. The molecule has 3 rings (SSSR count). The molecule has 0 bridgehead atoms. The minimum absolute atomic E-state index is 0.111. The molecule has 0 unspecified atom stereocenters. The van der Waals surface area contributed by atoms with Crippen LogP contribution in [0.3, 0.4) is 0 Å². The maximum Gasteiger partial charge on any atom is 0.224 e. The van der Waals surface area contributed by atoms with Crippen molar-refractivity contribution < 1.29 is 4.79 Å². The Kier molecular flexibility index (Phi) is 2.35. The van der Waals surface area contributed by atoms with Crippen LogP contribution in [-0.2, 0) is 11.3 Å². The summed E-state index contributed by atoms with van der Waals surface area (Å²) in [5, 5.41) is 3.61. The molecular formula is C14H18N2O. The second-order valence-electron chi connectivity index (χ2n) is 5.04. The predicted octanol–water partition coefficient (Wildman–Crippen LogP) is 2.73. The number of nitrogens with zero attached hydrogens (tertiary/aromatic N) is 1. The lowest BCUT2D eigenvalue weighted by molar-refractivity contribution is -0.131. The molecule has 3 heteroatoms. The number of hydrogen-bond acceptors (Lipinski definition) is 2. The van der Waals surface area contributed by atoms with Crippen LogP contribution in [-0.4, -0.2) is 16.5 Å². The molecule has 1 fully saturated rings. The van der Waals surface area contributed by atoms with Crippen LogP contribution in [0.5, 0.6) is 0 Å². The molecule has 1 aromatic rings. The van der Waals surface area contributed by atoms with Crippen molar-refractivity contribution in [3.63, 3.8) is 0 Å². The van der Waals surface area contributed by atoms with Crippen molar-refractivity contribution in [2.75, 3.05) is 5.32 Å². The number of carbonyl (C=O) groups is 1. The van der Waals surface area contributed by atoms with Gasteiger partial charge in [-0.1, -0.05) is 31.5 Å². The molecule has 0 radical (unpaired) electrons. The summed E-state index contributed by atoms with van der Waals surface area (Å²) in [6.45, 7) is 2.94. The Morgan fingerprint density at radius 3 is 3.06 bits per heavy atom. The number of rotatable bonds is 2. The molecule has 17 heavy (non-hydrogen) atoms. The Balaban J connectivity index is 2.01. The first-order valence-corrected chi connectivity index (χ1v) is 6.42. The molecule has 0 spiro atoms. The molecule has 1 N–H and O–H groups in total. The van der Waals surface area contributed by atoms with Crippen molar-refractivity contribution in [3.05, 3.63) is 29.8 Å². The first kappa shape index (κ1) is 10.6. The van der Waals surface area contributed by atoms with Gasteiger partial charge in [-0.3, -0.25) is 4.79 Å². The zero-order chi connectivity index (χ0) is 11.9. The normalized spacial score (nSPS) is 26.4. The molecule has 2 aliphatic heterocycles. The predicted molar refractivity (Wildman–Crippen MR) is 67.5 cm³/mol. The Morgan fingerprint density at radius 1 is 1.41 bits per heavy atom. The van der Waals surface area contributed by atoms with Gasteiger partial charge in [-0.15, -0.1) is 0 Å². The van der Waals surface area contributed by atoms with Gasteiger partial charge in [-0.05, 0) is 24.5 Å². The van der Waals surface area contributed by atoms with Crippen LogP contribution >= 0.6 is 0 Å². The molecule has 0 aliphatic carbocycles. The monoisotopic (exact) mass is 230 g/mol. The third-order valence-corrected chi connectivity index (χ3v) is 3.95. The first-order chi connectivity index (χ1) is 8.25. The second kappa shape index (κ2) is 3.76. The fourth-order valence-corrected chi connectivity index (χ4v) is 3.13. The molecule has 0 saturated carbocycles. The van der Waals surface area contributed by atoms with Crippen LogP contribution in [0.25, 0.3) is 0 Å². The second-order valence-corrected chi connectivity index (χ2v) is 5.04. The number of anilines is 1. The Hall–Kier alpha value is -1.51. The highest BCUT2D eigenvalue weighted by atomic mass is 16.2. The van der Waals surface area contributed by atoms with Crippen LogP contribution in [0.1, 0.15) is 38.2 Å². The number of amides is 1. The lowest BCUT2D eigenvalue weighted by Gasteiger charge is -2.44. The van der Waals surface area contributed by atoms with Gasteiger partial charge in [-0.25, -0.2) is 0 Å². The average molecular weight is 230 g/mol. The zero-order valence-corrected chi connectivity index (χ0v) is 10.2. The number of benzene rings is 1. The van der Waals surface area contributed by atoms with Crippen LogP contribution in [0.2, 0.25) is 0 Å². The quantitative estimate of drug-likeness (QED) is 0.847. The maximum atomic E-state index is 12.0. The van der Waals surface area contributed by atoms with Crippen molar-refractivity contribution in [1.82, 2.24) is 4.90 Å². The first-order valence-electron chi connectivity index (χ1n) is 6.42. The van der Waals surface area contributed by atoms with Crippen molar-refractivity contribution in [3.8, 4) is 0 Å². The van der Waals surface area contributed by atoms with Gasteiger partial charge in [0.05, 0.1) is 0 Å². The van der Waals surface area contributed by atoms with Crippen molar-refractivity contribution in [2.24, 2.45) is 0 Å². The fourth-order valence-electron chi connectivity index (χ4n) is 3.13. The van der Waals surface area contributed by atoms with Gasteiger partial charge in [0.15, 0.2) is 0 Å². The van der Waals surface area contributed by atoms with Gasteiger partial charge in [-0.2, -0.15) is 0 Å². The van der Waals surface area contributed by atoms with Gasteiger partial charge in [0.1, 0.15) is 5.66 Å². The molecule has 2 heterocycles. The summed E-state index contributed by atoms with van der Waals surface area (Å²) < 4.78 is 0. The van der Waals surface area contributed by atoms with Crippen LogP contribution in [0.4, 0.5) is 5.69 Å². The number of carbonyl (C=O) groups excluding carboxylic acids is 1. The highest BCUT2D eigenvalue weighted by Crippen LogP contribution is 2.41. The summed E-state index contributed by atoms with van der Waals surface area (Å²) in [4.78, 5) is 14.0. The van der Waals surface area contributed by atoms with E-state index in [2.05, 4.69) is 30.4 Å². The van der Waals surface area contributed by atoms with Gasteiger partial charge in [0, 0.05) is 18.7 Å². The van der Waals surface area contributed by atoms with E-state index in [1.807, 2.05) is 11.0 Å². The third-order valence-electron chi connectivity index (χ3n) is 3.95. The Labute approximate surface area is 102 Å². The lowest BCUT2D eigenvalue weighted by Crippen LogP contribution is -2.53. The molecule has 3 nitrogen and oxygen atoms in total. The number of nitrogens with one attached hydrogen (secondary N) is 1. The van der Waals surface area contributed by atoms with Crippen molar-refractivity contribution >= 4 is 11.6 Å². The van der Waals surface area contributed by atoms with Crippen LogP contribution in [0, 0.1) is 0 Å². The Morgan fingerprint density at radius 2 is 2.24 bits per heavy atom. The number of fused-ring (bicyclic) bond motifs is 2. The molecule has 1 atom stereocenters. The molecule has 1 aromatic carbocycles. The lowest BCUT2D eigenvalue weighted by atomic mass is 9.96. The van der Waals surface area contributed by atoms with E-state index in [9.17, 15) is 4.79 Å². The molecular weight excluding hydrogens is 212 g/mol. The zero-order valence-electron chi connectivity index (χ0n) is 10.2. The van der Waals surface area contributed by atoms with Crippen molar-refractivity contribution in [1.29, 1.82) is 0 Å². The van der Waals surface area contributed by atoms with E-state index in [0.29, 0.717) is 12.3 Å². The summed E-state index contributed by atoms with van der Waals surface area (Å²) in [5.74, 6) is 0.292. The van der Waals surface area contributed by atoms with Gasteiger partial charge < -0.3 is 10.2 Å². The SMILES string of the molecule is CCC[C@]12CCC(=O)N1Cc1ccccc1N2. The minimum atomic E-state index is -0.111. The summed E-state index contributed by atoms with van der Waals surface area (Å²) in [5.41, 5.74) is 2.32. The topological polar surface area (TPSA) is 32.3 Å². The third kappa shape index (κ3) is 1.53. The highest BCUT2D eigenvalue weighted by Gasteiger charge is 2.46. The van der Waals surface area contributed by atoms with Gasteiger partial charge >= 0.3 is 0 Å². The van der Waals surface area contributed by atoms with Crippen LogP contribution < -0.4 is 5.32 Å². The molecule has 2 aliphatic rings. The molecule has 1 saturated heterocycles. The average Bonchev–Trinajstić information content (AvgIpc) is 2.65. The van der Waals surface area contributed by atoms with Crippen LogP contribution in [0.15, 0.2) is 24.3 Å². The smallest absolute Gasteiger partial charge is 0.224 e. The number of hydrogen-bond donors (Lipinski definition) is 1. The summed E-state index contributed by atoms with van der Waals surface area (Å²) in [6, 6.07) is 8.31. The molecule has 0 aromatic heterocycles. The summed E-state index contributed by atoms with van der Waals surface area (Å²) in [7, 11) is 0. The molecule has 90 valence electrons. The van der Waals surface area contributed by atoms with Gasteiger partial charge in [0.2, 0.25) is 5.91 Å².